The van der Waals surface area contributed by atoms with Gasteiger partial charge in [-0.2, -0.15) is 0 Å². The molecule has 0 heterocycles. The van der Waals surface area contributed by atoms with Gasteiger partial charge in [0.2, 0.25) is 11.8 Å². The third-order valence-electron chi connectivity index (χ3n) is 8.17. The van der Waals surface area contributed by atoms with Crippen LogP contribution in [0.1, 0.15) is 67.2 Å². The van der Waals surface area contributed by atoms with Crippen LogP contribution in [-0.4, -0.2) is 52.0 Å². The van der Waals surface area contributed by atoms with E-state index < -0.39 is 47.4 Å². The maximum Gasteiger partial charge on any atom is 0.307 e. The fourth-order valence-corrected chi connectivity index (χ4v) is 5.90. The normalized spacial score (nSPS) is 17.2. The molecule has 4 rings (SSSR count). The van der Waals surface area contributed by atoms with Crippen LogP contribution in [-0.2, 0) is 19.2 Å². The van der Waals surface area contributed by atoms with Gasteiger partial charge in [0, 0.05) is 24.6 Å². The number of halogens is 1. The molecule has 0 aliphatic heterocycles. The third-order valence-corrected chi connectivity index (χ3v) is 8.17. The van der Waals surface area contributed by atoms with Crippen molar-refractivity contribution in [2.24, 2.45) is 11.8 Å². The molecule has 3 aromatic carbocycles. The summed E-state index contributed by atoms with van der Waals surface area (Å²) in [6.07, 6.45) is 2.15. The lowest BCUT2D eigenvalue weighted by Crippen LogP contribution is -2.48. The van der Waals surface area contributed by atoms with Crippen LogP contribution in [0.15, 0.2) is 84.9 Å². The molecule has 1 aliphatic rings. The van der Waals surface area contributed by atoms with Gasteiger partial charge in [-0.05, 0) is 36.5 Å². The average molecular weight is 589 g/mol. The van der Waals surface area contributed by atoms with Crippen LogP contribution < -0.4 is 5.32 Å². The number of hydrogen-bond donors (Lipinski definition) is 3. The van der Waals surface area contributed by atoms with Gasteiger partial charge in [0.25, 0.3) is 0 Å². The molecule has 1 fully saturated rings. The first kappa shape index (κ1) is 31.4. The summed E-state index contributed by atoms with van der Waals surface area (Å²) < 4.78 is 15.1. The molecule has 3 atom stereocenters. The van der Waals surface area contributed by atoms with E-state index in [1.54, 1.807) is 6.07 Å². The smallest absolute Gasteiger partial charge is 0.307 e. The zero-order valence-electron chi connectivity index (χ0n) is 23.9. The van der Waals surface area contributed by atoms with E-state index in [4.69, 9.17) is 0 Å². The van der Waals surface area contributed by atoms with Gasteiger partial charge in [-0.3, -0.25) is 19.2 Å². The summed E-state index contributed by atoms with van der Waals surface area (Å²) >= 11 is 0. The van der Waals surface area contributed by atoms with Crippen LogP contribution in [0, 0.1) is 17.7 Å². The number of nitrogens with one attached hydrogen (secondary N) is 1. The molecule has 0 bridgehead atoms. The average Bonchev–Trinajstić information content (AvgIpc) is 3.02. The number of rotatable bonds is 13. The first-order valence-electron chi connectivity index (χ1n) is 14.6. The van der Waals surface area contributed by atoms with E-state index in [1.807, 2.05) is 60.7 Å². The number of aliphatic carboxylic acids is 2. The predicted octanol–water partition coefficient (Wildman–Crippen LogP) is 5.40. The molecule has 0 aromatic heterocycles. The van der Waals surface area contributed by atoms with Crippen molar-refractivity contribution in [3.63, 3.8) is 0 Å². The van der Waals surface area contributed by atoms with Crippen molar-refractivity contribution in [3.8, 4) is 0 Å². The van der Waals surface area contributed by atoms with E-state index in [0.717, 1.165) is 11.1 Å². The Labute approximate surface area is 250 Å². The minimum atomic E-state index is -1.45. The van der Waals surface area contributed by atoms with Crippen molar-refractivity contribution in [3.05, 3.63) is 107 Å². The van der Waals surface area contributed by atoms with Crippen LogP contribution in [0.25, 0.3) is 0 Å². The lowest BCUT2D eigenvalue weighted by molar-refractivity contribution is -0.149. The van der Waals surface area contributed by atoms with Crippen molar-refractivity contribution >= 4 is 23.8 Å². The number of amides is 2. The van der Waals surface area contributed by atoms with Crippen LogP contribution in [0.4, 0.5) is 4.39 Å². The van der Waals surface area contributed by atoms with Gasteiger partial charge in [-0.25, -0.2) is 4.39 Å². The number of benzene rings is 3. The van der Waals surface area contributed by atoms with E-state index in [9.17, 15) is 29.4 Å². The molecule has 0 radical (unpaired) electrons. The van der Waals surface area contributed by atoms with Crippen molar-refractivity contribution in [2.45, 2.75) is 50.5 Å². The molecular weight excluding hydrogens is 551 g/mol. The highest BCUT2D eigenvalue weighted by molar-refractivity contribution is 5.91. The van der Waals surface area contributed by atoms with Gasteiger partial charge in [0.1, 0.15) is 11.9 Å². The van der Waals surface area contributed by atoms with E-state index in [-0.39, 0.29) is 31.0 Å². The van der Waals surface area contributed by atoms with Crippen LogP contribution >= 0.6 is 0 Å². The molecule has 8 nitrogen and oxygen atoms in total. The van der Waals surface area contributed by atoms with E-state index in [2.05, 4.69) is 5.32 Å². The molecule has 0 unspecified atom stereocenters. The second-order valence-corrected chi connectivity index (χ2v) is 10.9. The first-order valence-corrected chi connectivity index (χ1v) is 14.6. The molecule has 1 aliphatic carbocycles. The van der Waals surface area contributed by atoms with Crippen molar-refractivity contribution in [1.82, 2.24) is 10.2 Å². The Hall–Kier alpha value is -4.53. The molecule has 226 valence electrons. The van der Waals surface area contributed by atoms with Gasteiger partial charge < -0.3 is 20.4 Å². The summed E-state index contributed by atoms with van der Waals surface area (Å²) in [6.45, 7) is -0.00492. The van der Waals surface area contributed by atoms with Crippen LogP contribution in [0.2, 0.25) is 0 Å². The molecule has 0 spiro atoms. The van der Waals surface area contributed by atoms with Gasteiger partial charge >= 0.3 is 11.9 Å². The highest BCUT2D eigenvalue weighted by Gasteiger charge is 2.38. The zero-order chi connectivity index (χ0) is 30.8. The first-order chi connectivity index (χ1) is 20.8. The van der Waals surface area contributed by atoms with Crippen LogP contribution in [0.3, 0.4) is 0 Å². The quantitative estimate of drug-likeness (QED) is 0.246. The number of hydrogen-bond acceptors (Lipinski definition) is 4. The summed E-state index contributed by atoms with van der Waals surface area (Å²) in [4.78, 5) is 52.4. The van der Waals surface area contributed by atoms with Gasteiger partial charge in [0.15, 0.2) is 0 Å². The van der Waals surface area contributed by atoms with E-state index in [0.29, 0.717) is 32.1 Å². The molecule has 9 heteroatoms. The SMILES string of the molecule is O=C(O)CCN(CCC(c1ccccc1)c1ccccc1)C(=O)[C@@H](NC(=O)[C@@H]1CCCC[C@H]1C(=O)O)c1ccccc1F. The van der Waals surface area contributed by atoms with Gasteiger partial charge in [-0.15, -0.1) is 0 Å². The topological polar surface area (TPSA) is 124 Å². The predicted molar refractivity (Wildman–Crippen MR) is 159 cm³/mol. The van der Waals surface area contributed by atoms with Crippen molar-refractivity contribution in [2.75, 3.05) is 13.1 Å². The Morgan fingerprint density at radius 3 is 1.91 bits per heavy atom. The second-order valence-electron chi connectivity index (χ2n) is 10.9. The number of carboxylic acid groups (broad SMARTS) is 2. The molecule has 2 amide bonds. The van der Waals surface area contributed by atoms with E-state index >= 15 is 4.39 Å². The summed E-state index contributed by atoms with van der Waals surface area (Å²) in [7, 11) is 0. The fraction of sp³-hybridized carbons (Fsp3) is 0.353. The number of nitrogens with zero attached hydrogens (tertiary/aromatic N) is 1. The maximum atomic E-state index is 15.1. The number of carboxylic acids is 2. The Balaban J connectivity index is 1.64. The van der Waals surface area contributed by atoms with Crippen molar-refractivity contribution in [1.29, 1.82) is 0 Å². The Morgan fingerprint density at radius 2 is 1.35 bits per heavy atom. The molecule has 43 heavy (non-hydrogen) atoms. The zero-order valence-corrected chi connectivity index (χ0v) is 23.9. The standard InChI is InChI=1S/C34H37FN2O6/c35-29-18-10-9-17-28(29)31(36-32(40)26-15-7-8-16-27(26)34(42)43)33(41)37(22-20-30(38)39)21-19-25(23-11-3-1-4-12-23)24-13-5-2-6-14-24/h1-6,9-14,17-18,25-27,31H,7-8,15-16,19-22H2,(H,36,40)(H,38,39)(H,42,43)/t26-,27-,31+/m1/s1. The monoisotopic (exact) mass is 588 g/mol. The van der Waals surface area contributed by atoms with Gasteiger partial charge in [-0.1, -0.05) is 91.7 Å². The molecule has 3 aromatic rings. The minimum Gasteiger partial charge on any atom is -0.481 e. The lowest BCUT2D eigenvalue weighted by atomic mass is 9.78. The number of carbonyl (C=O) groups is 4. The summed E-state index contributed by atoms with van der Waals surface area (Å²) in [5, 5.41) is 21.8. The van der Waals surface area contributed by atoms with Gasteiger partial charge in [0.05, 0.1) is 18.3 Å². The molecule has 3 N–H and O–H groups in total. The molecular formula is C34H37FN2O6. The largest absolute Gasteiger partial charge is 0.481 e. The minimum absolute atomic E-state index is 0.0634. The molecule has 0 saturated heterocycles. The van der Waals surface area contributed by atoms with Crippen LogP contribution in [0.5, 0.6) is 0 Å². The second kappa shape index (κ2) is 15.1. The summed E-state index contributed by atoms with van der Waals surface area (Å²) in [6, 6.07) is 23.7. The lowest BCUT2D eigenvalue weighted by Gasteiger charge is -2.32. The maximum absolute atomic E-state index is 15.1. The fourth-order valence-electron chi connectivity index (χ4n) is 5.90. The Morgan fingerprint density at radius 1 is 0.791 bits per heavy atom. The number of carbonyl (C=O) groups excluding carboxylic acids is 2. The van der Waals surface area contributed by atoms with Crippen molar-refractivity contribution < 1.29 is 33.8 Å². The van der Waals surface area contributed by atoms with E-state index in [1.165, 1.54) is 23.1 Å². The summed E-state index contributed by atoms with van der Waals surface area (Å²) in [5.74, 6) is -6.03. The molecule has 1 saturated carbocycles. The third kappa shape index (κ3) is 8.28. The Bertz CT molecular complexity index is 1360. The Kier molecular flexibility index (Phi) is 11.0. The highest BCUT2D eigenvalue weighted by atomic mass is 19.1. The summed E-state index contributed by atoms with van der Waals surface area (Å²) in [5.41, 5.74) is 1.98. The highest BCUT2D eigenvalue weighted by Crippen LogP contribution is 2.32.